The van der Waals surface area contributed by atoms with Crippen molar-refractivity contribution in [2.45, 2.75) is 6.92 Å². The number of thiophene rings is 1. The summed E-state index contributed by atoms with van der Waals surface area (Å²) in [5, 5.41) is 3.08. The van der Waals surface area contributed by atoms with Crippen LogP contribution in [0.25, 0.3) is 22.4 Å². The van der Waals surface area contributed by atoms with Gasteiger partial charge in [-0.1, -0.05) is 24.8 Å². The molecule has 1 aliphatic heterocycles. The fourth-order valence-corrected chi connectivity index (χ4v) is 4.39. The second kappa shape index (κ2) is 7.45. The first-order valence-electron chi connectivity index (χ1n) is 9.62. The minimum Gasteiger partial charge on any atom is -0.397 e. The van der Waals surface area contributed by atoms with Crippen LogP contribution >= 0.6 is 11.3 Å². The van der Waals surface area contributed by atoms with E-state index in [4.69, 9.17) is 10.7 Å². The Balaban J connectivity index is 1.63. The molecule has 31 heavy (non-hydrogen) atoms. The summed E-state index contributed by atoms with van der Waals surface area (Å²) in [6.45, 7) is 5.79. The van der Waals surface area contributed by atoms with Crippen LogP contribution in [0.5, 0.6) is 0 Å². The van der Waals surface area contributed by atoms with Crippen LogP contribution in [0.15, 0.2) is 71.8 Å². The number of aromatic amines is 1. The molecule has 0 bridgehead atoms. The number of H-pyrrole nitrogens is 1. The van der Waals surface area contributed by atoms with Crippen LogP contribution in [-0.4, -0.2) is 15.0 Å². The van der Waals surface area contributed by atoms with Crippen molar-refractivity contribution < 1.29 is 4.39 Å². The molecule has 3 aromatic heterocycles. The van der Waals surface area contributed by atoms with E-state index in [-0.39, 0.29) is 5.82 Å². The van der Waals surface area contributed by atoms with Gasteiger partial charge in [-0.3, -0.25) is 4.98 Å². The van der Waals surface area contributed by atoms with E-state index in [0.29, 0.717) is 33.3 Å². The zero-order valence-corrected chi connectivity index (χ0v) is 17.5. The molecule has 152 valence electrons. The fraction of sp³-hybridized carbons (Fsp3) is 0.0417. The molecular weight excluding hydrogens is 409 g/mol. The van der Waals surface area contributed by atoms with Crippen LogP contribution in [0.4, 0.5) is 10.1 Å². The third-order valence-corrected chi connectivity index (χ3v) is 5.97. The van der Waals surface area contributed by atoms with Gasteiger partial charge in [0.1, 0.15) is 16.9 Å². The Bertz CT molecular complexity index is 1480. The van der Waals surface area contributed by atoms with Gasteiger partial charge in [0.15, 0.2) is 5.82 Å². The van der Waals surface area contributed by atoms with E-state index in [0.717, 1.165) is 27.4 Å². The number of nitrogens with one attached hydrogen (secondary N) is 1. The lowest BCUT2D eigenvalue weighted by molar-refractivity contribution is 0.608. The highest BCUT2D eigenvalue weighted by atomic mass is 32.1. The average Bonchev–Trinajstić information content (AvgIpc) is 3.38. The number of rotatable bonds is 5. The van der Waals surface area contributed by atoms with Crippen LogP contribution in [0.3, 0.4) is 0 Å². The summed E-state index contributed by atoms with van der Waals surface area (Å²) in [4.78, 5) is 17.7. The number of allylic oxidation sites excluding steroid dienone is 2. The van der Waals surface area contributed by atoms with E-state index in [9.17, 15) is 4.39 Å². The molecule has 3 N–H and O–H groups in total. The van der Waals surface area contributed by atoms with Gasteiger partial charge in [-0.15, -0.1) is 11.3 Å². The predicted octanol–water partition coefficient (Wildman–Crippen LogP) is 3.97. The summed E-state index contributed by atoms with van der Waals surface area (Å²) in [6, 6.07) is 9.17. The predicted molar refractivity (Wildman–Crippen MR) is 122 cm³/mol. The van der Waals surface area contributed by atoms with Crippen LogP contribution in [0.2, 0.25) is 0 Å². The Labute approximate surface area is 181 Å². The number of halogens is 1. The monoisotopic (exact) mass is 427 g/mol. The van der Waals surface area contributed by atoms with Crippen molar-refractivity contribution in [2.75, 3.05) is 5.73 Å². The number of imidazole rings is 1. The molecule has 0 saturated heterocycles. The number of nitrogens with two attached hydrogens (primary N) is 1. The van der Waals surface area contributed by atoms with Gasteiger partial charge in [0.25, 0.3) is 0 Å². The maximum absolute atomic E-state index is 14.7. The van der Waals surface area contributed by atoms with E-state index in [2.05, 4.69) is 21.5 Å². The van der Waals surface area contributed by atoms with E-state index in [1.54, 1.807) is 35.9 Å². The van der Waals surface area contributed by atoms with Gasteiger partial charge in [0.05, 0.1) is 11.4 Å². The van der Waals surface area contributed by atoms with E-state index in [1.165, 1.54) is 6.07 Å². The first-order chi connectivity index (χ1) is 15.0. The Kier molecular flexibility index (Phi) is 4.60. The molecule has 0 unspecified atom stereocenters. The molecule has 0 atom stereocenters. The van der Waals surface area contributed by atoms with Crippen molar-refractivity contribution in [3.05, 3.63) is 105 Å². The lowest BCUT2D eigenvalue weighted by Gasteiger charge is -2.11. The van der Waals surface area contributed by atoms with Crippen molar-refractivity contribution in [1.29, 1.82) is 0 Å². The molecule has 4 heterocycles. The zero-order valence-electron chi connectivity index (χ0n) is 16.7. The molecule has 0 amide bonds. The molecule has 1 aliphatic rings. The van der Waals surface area contributed by atoms with Crippen LogP contribution in [-0.2, 0) is 0 Å². The quantitative estimate of drug-likeness (QED) is 0.473. The Hall–Kier alpha value is -3.84. The van der Waals surface area contributed by atoms with Crippen LogP contribution in [0.1, 0.15) is 22.1 Å². The Morgan fingerprint density at radius 2 is 2.10 bits per heavy atom. The number of nitrogen functional groups attached to an aromatic ring is 1. The number of hydrogen-bond donors (Lipinski definition) is 2. The second-order valence-electron chi connectivity index (χ2n) is 7.17. The normalized spacial score (nSPS) is 12.8. The summed E-state index contributed by atoms with van der Waals surface area (Å²) >= 11 is 1.64. The van der Waals surface area contributed by atoms with Crippen molar-refractivity contribution in [2.24, 2.45) is 4.99 Å². The third-order valence-electron chi connectivity index (χ3n) is 5.07. The molecule has 1 aromatic carbocycles. The number of fused-ring (bicyclic) bond motifs is 1. The van der Waals surface area contributed by atoms with Crippen molar-refractivity contribution in [3.63, 3.8) is 0 Å². The molecule has 7 heteroatoms. The van der Waals surface area contributed by atoms with Gasteiger partial charge < -0.3 is 10.7 Å². The van der Waals surface area contributed by atoms with Crippen molar-refractivity contribution in [3.8, 4) is 11.1 Å². The van der Waals surface area contributed by atoms with Crippen molar-refractivity contribution in [1.82, 2.24) is 15.0 Å². The highest BCUT2D eigenvalue weighted by Crippen LogP contribution is 2.29. The molecule has 0 radical (unpaired) electrons. The SMILES string of the molecule is C=C/C=C(/c1cccs1)c1nc(C2=c3cc(-c4cncc(N)c4)cc(F)c3=N2)[nH]c1C. The van der Waals surface area contributed by atoms with Gasteiger partial charge in [-0.25, -0.2) is 14.4 Å². The topological polar surface area (TPSA) is 79.9 Å². The van der Waals surface area contributed by atoms with Crippen molar-refractivity contribution >= 4 is 28.3 Å². The Morgan fingerprint density at radius 3 is 2.84 bits per heavy atom. The minimum atomic E-state index is -0.381. The molecule has 0 saturated carbocycles. The second-order valence-corrected chi connectivity index (χ2v) is 8.12. The molecular formula is C24H18FN5S. The van der Waals surface area contributed by atoms with Gasteiger partial charge >= 0.3 is 0 Å². The summed E-state index contributed by atoms with van der Waals surface area (Å²) in [5.41, 5.74) is 11.1. The fourth-order valence-electron chi connectivity index (χ4n) is 3.64. The number of pyridine rings is 1. The van der Waals surface area contributed by atoms with Gasteiger partial charge in [-0.05, 0) is 42.1 Å². The number of nitrogens with zero attached hydrogens (tertiary/aromatic N) is 3. The highest BCUT2D eigenvalue weighted by molar-refractivity contribution is 7.11. The number of anilines is 1. The van der Waals surface area contributed by atoms with Gasteiger partial charge in [-0.2, -0.15) is 0 Å². The molecule has 0 fully saturated rings. The third kappa shape index (κ3) is 3.29. The van der Waals surface area contributed by atoms with E-state index >= 15 is 0 Å². The molecule has 5 nitrogen and oxygen atoms in total. The lowest BCUT2D eigenvalue weighted by atomic mass is 10.0. The molecule has 0 spiro atoms. The lowest BCUT2D eigenvalue weighted by Crippen LogP contribution is -2.38. The number of hydrogen-bond acceptors (Lipinski definition) is 5. The first-order valence-corrected chi connectivity index (χ1v) is 10.5. The number of benzene rings is 1. The standard InChI is InChI=1S/C24H18FN5S/c1-3-5-17(20-6-4-7-31-20)21-13(2)28-24(30-21)23-18-9-14(10-19(25)22(18)29-23)15-8-16(26)12-27-11-15/h3-12H,1,26H2,2H3,(H,28,30)/b17-5-. The van der Waals surface area contributed by atoms with Crippen LogP contribution in [0, 0.1) is 12.7 Å². The summed E-state index contributed by atoms with van der Waals surface area (Å²) < 4.78 is 14.7. The summed E-state index contributed by atoms with van der Waals surface area (Å²) in [6.07, 6.45) is 6.92. The number of aryl methyl sites for hydroxylation is 1. The maximum atomic E-state index is 14.7. The average molecular weight is 428 g/mol. The molecule has 0 aliphatic carbocycles. The van der Waals surface area contributed by atoms with Gasteiger partial charge in [0, 0.05) is 39.3 Å². The summed E-state index contributed by atoms with van der Waals surface area (Å²) in [7, 11) is 0. The molecule has 4 aromatic rings. The maximum Gasteiger partial charge on any atom is 0.157 e. The highest BCUT2D eigenvalue weighted by Gasteiger charge is 2.21. The Morgan fingerprint density at radius 1 is 1.23 bits per heavy atom. The van der Waals surface area contributed by atoms with E-state index in [1.807, 2.05) is 36.6 Å². The van der Waals surface area contributed by atoms with Gasteiger partial charge in [0.2, 0.25) is 0 Å². The summed E-state index contributed by atoms with van der Waals surface area (Å²) in [5.74, 6) is 0.224. The molecule has 5 rings (SSSR count). The minimum absolute atomic E-state index is 0.339. The first kappa shape index (κ1) is 19.1. The largest absolute Gasteiger partial charge is 0.397 e. The van der Waals surface area contributed by atoms with E-state index < -0.39 is 0 Å². The number of aromatic nitrogens is 3. The van der Waals surface area contributed by atoms with Crippen LogP contribution < -0.4 is 16.3 Å². The smallest absolute Gasteiger partial charge is 0.157 e. The zero-order chi connectivity index (χ0) is 21.5.